The van der Waals surface area contributed by atoms with Crippen molar-refractivity contribution in [2.75, 3.05) is 25.1 Å². The van der Waals surface area contributed by atoms with Crippen molar-refractivity contribution in [1.82, 2.24) is 0 Å². The van der Waals surface area contributed by atoms with E-state index >= 15 is 0 Å². The summed E-state index contributed by atoms with van der Waals surface area (Å²) in [6.07, 6.45) is 2.35. The molecule has 0 bridgehead atoms. The summed E-state index contributed by atoms with van der Waals surface area (Å²) in [5, 5.41) is 0. The number of ether oxygens (including phenoxy) is 1. The van der Waals surface area contributed by atoms with Gasteiger partial charge >= 0.3 is 0 Å². The molecule has 1 aromatic rings. The van der Waals surface area contributed by atoms with Crippen molar-refractivity contribution in [2.45, 2.75) is 32.2 Å². The van der Waals surface area contributed by atoms with Crippen molar-refractivity contribution in [3.63, 3.8) is 0 Å². The highest BCUT2D eigenvalue weighted by Crippen LogP contribution is 2.35. The highest BCUT2D eigenvalue weighted by molar-refractivity contribution is 5.51. The average molecular weight is 248 g/mol. The van der Waals surface area contributed by atoms with Gasteiger partial charge in [0.15, 0.2) is 0 Å². The number of methoxy groups -OCH3 is 1. The quantitative estimate of drug-likeness (QED) is 0.893. The van der Waals surface area contributed by atoms with E-state index in [2.05, 4.69) is 30.9 Å². The molecule has 2 N–H and O–H groups in total. The molecule has 0 amide bonds. The Morgan fingerprint density at radius 3 is 2.50 bits per heavy atom. The Bertz CT molecular complexity index is 386. The van der Waals surface area contributed by atoms with E-state index in [1.54, 1.807) is 7.11 Å². The summed E-state index contributed by atoms with van der Waals surface area (Å²) < 4.78 is 5.21. The second-order valence-corrected chi connectivity index (χ2v) is 5.76. The summed E-state index contributed by atoms with van der Waals surface area (Å²) in [6, 6.07) is 8.34. The predicted octanol–water partition coefficient (Wildman–Crippen LogP) is 2.65. The number of rotatable bonds is 3. The Kier molecular flexibility index (Phi) is 3.81. The molecule has 100 valence electrons. The first kappa shape index (κ1) is 13.2. The molecule has 1 fully saturated rings. The average Bonchev–Trinajstić information content (AvgIpc) is 2.38. The molecule has 18 heavy (non-hydrogen) atoms. The van der Waals surface area contributed by atoms with Crippen LogP contribution in [0, 0.1) is 5.92 Å². The Morgan fingerprint density at radius 2 is 2.00 bits per heavy atom. The van der Waals surface area contributed by atoms with Crippen LogP contribution in [0.3, 0.4) is 0 Å². The van der Waals surface area contributed by atoms with Gasteiger partial charge in [-0.1, -0.05) is 0 Å². The van der Waals surface area contributed by atoms with E-state index in [1.165, 1.54) is 12.1 Å². The Hall–Kier alpha value is -1.22. The molecule has 0 radical (unpaired) electrons. The van der Waals surface area contributed by atoms with Crippen molar-refractivity contribution in [1.29, 1.82) is 0 Å². The molecule has 1 atom stereocenters. The predicted molar refractivity (Wildman–Crippen MR) is 76.2 cm³/mol. The van der Waals surface area contributed by atoms with E-state index in [-0.39, 0.29) is 5.54 Å². The van der Waals surface area contributed by atoms with Gasteiger partial charge < -0.3 is 15.4 Å². The van der Waals surface area contributed by atoms with E-state index in [4.69, 9.17) is 10.5 Å². The summed E-state index contributed by atoms with van der Waals surface area (Å²) in [6.45, 7) is 6.50. The van der Waals surface area contributed by atoms with Gasteiger partial charge in [-0.15, -0.1) is 0 Å². The molecule has 3 nitrogen and oxygen atoms in total. The standard InChI is InChI=1S/C15H24N2O/c1-15(2)10-12(11-16)8-9-17(15)13-4-6-14(18-3)7-5-13/h4-7,12H,8-11,16H2,1-3H3. The lowest BCUT2D eigenvalue weighted by molar-refractivity contribution is 0.279. The fraction of sp³-hybridized carbons (Fsp3) is 0.600. The van der Waals surface area contributed by atoms with Crippen LogP contribution in [0.4, 0.5) is 5.69 Å². The molecule has 0 spiro atoms. The molecule has 1 aliphatic rings. The Labute approximate surface area is 110 Å². The number of hydrogen-bond donors (Lipinski definition) is 1. The van der Waals surface area contributed by atoms with E-state index in [1.807, 2.05) is 12.1 Å². The van der Waals surface area contributed by atoms with E-state index in [9.17, 15) is 0 Å². The van der Waals surface area contributed by atoms with Crippen LogP contribution in [0.5, 0.6) is 5.75 Å². The second kappa shape index (κ2) is 5.19. The topological polar surface area (TPSA) is 38.5 Å². The molecule has 1 saturated heterocycles. The highest BCUT2D eigenvalue weighted by Gasteiger charge is 2.34. The molecule has 1 aromatic carbocycles. The zero-order chi connectivity index (χ0) is 13.2. The third-order valence-corrected chi connectivity index (χ3v) is 4.00. The number of nitrogens with zero attached hydrogens (tertiary/aromatic N) is 1. The van der Waals surface area contributed by atoms with Crippen LogP contribution in [-0.2, 0) is 0 Å². The third-order valence-electron chi connectivity index (χ3n) is 4.00. The van der Waals surface area contributed by atoms with Crippen LogP contribution >= 0.6 is 0 Å². The van der Waals surface area contributed by atoms with Crippen molar-refractivity contribution >= 4 is 5.69 Å². The molecular weight excluding hydrogens is 224 g/mol. The largest absolute Gasteiger partial charge is 0.497 e. The lowest BCUT2D eigenvalue weighted by Crippen LogP contribution is -2.51. The first-order valence-electron chi connectivity index (χ1n) is 6.68. The summed E-state index contributed by atoms with van der Waals surface area (Å²) in [4.78, 5) is 2.48. The van der Waals surface area contributed by atoms with Crippen molar-refractivity contribution < 1.29 is 4.74 Å². The Balaban J connectivity index is 2.16. The fourth-order valence-electron chi connectivity index (χ4n) is 2.97. The molecule has 0 aromatic heterocycles. The smallest absolute Gasteiger partial charge is 0.119 e. The van der Waals surface area contributed by atoms with Gasteiger partial charge in [0, 0.05) is 17.8 Å². The zero-order valence-electron chi connectivity index (χ0n) is 11.6. The minimum Gasteiger partial charge on any atom is -0.497 e. The van der Waals surface area contributed by atoms with Gasteiger partial charge in [0.05, 0.1) is 7.11 Å². The van der Waals surface area contributed by atoms with Crippen LogP contribution in [0.2, 0.25) is 0 Å². The fourth-order valence-corrected chi connectivity index (χ4v) is 2.97. The van der Waals surface area contributed by atoms with E-state index < -0.39 is 0 Å². The lowest BCUT2D eigenvalue weighted by atomic mass is 9.82. The number of benzene rings is 1. The van der Waals surface area contributed by atoms with Gasteiger partial charge in [0.2, 0.25) is 0 Å². The maximum Gasteiger partial charge on any atom is 0.119 e. The molecule has 0 aliphatic carbocycles. The zero-order valence-corrected chi connectivity index (χ0v) is 11.6. The SMILES string of the molecule is COc1ccc(N2CCC(CN)CC2(C)C)cc1. The van der Waals surface area contributed by atoms with Crippen LogP contribution in [0.25, 0.3) is 0 Å². The highest BCUT2D eigenvalue weighted by atomic mass is 16.5. The summed E-state index contributed by atoms with van der Waals surface area (Å²) in [5.41, 5.74) is 7.26. The molecule has 1 heterocycles. The third kappa shape index (κ3) is 2.61. The molecule has 1 unspecified atom stereocenters. The second-order valence-electron chi connectivity index (χ2n) is 5.76. The molecule has 2 rings (SSSR count). The lowest BCUT2D eigenvalue weighted by Gasteiger charge is -2.47. The van der Waals surface area contributed by atoms with Crippen LogP contribution in [0.1, 0.15) is 26.7 Å². The van der Waals surface area contributed by atoms with Gasteiger partial charge in [0.1, 0.15) is 5.75 Å². The maximum absolute atomic E-state index is 5.81. The van der Waals surface area contributed by atoms with Gasteiger partial charge in [-0.3, -0.25) is 0 Å². The monoisotopic (exact) mass is 248 g/mol. The summed E-state index contributed by atoms with van der Waals surface area (Å²) in [5.74, 6) is 1.57. The normalized spacial score (nSPS) is 22.9. The maximum atomic E-state index is 5.81. The van der Waals surface area contributed by atoms with Crippen molar-refractivity contribution in [3.8, 4) is 5.75 Å². The molecular formula is C15H24N2O. The molecule has 0 saturated carbocycles. The van der Waals surface area contributed by atoms with Crippen LogP contribution in [0.15, 0.2) is 24.3 Å². The number of piperidine rings is 1. The van der Waals surface area contributed by atoms with Crippen molar-refractivity contribution in [2.24, 2.45) is 11.7 Å². The van der Waals surface area contributed by atoms with Gasteiger partial charge in [-0.05, 0) is 63.4 Å². The minimum absolute atomic E-state index is 0.177. The van der Waals surface area contributed by atoms with E-state index in [0.29, 0.717) is 5.92 Å². The first-order valence-corrected chi connectivity index (χ1v) is 6.68. The van der Waals surface area contributed by atoms with Gasteiger partial charge in [-0.2, -0.15) is 0 Å². The number of nitrogens with two attached hydrogens (primary N) is 1. The van der Waals surface area contributed by atoms with Crippen molar-refractivity contribution in [3.05, 3.63) is 24.3 Å². The molecule has 1 aliphatic heterocycles. The number of hydrogen-bond acceptors (Lipinski definition) is 3. The van der Waals surface area contributed by atoms with Gasteiger partial charge in [-0.25, -0.2) is 0 Å². The summed E-state index contributed by atoms with van der Waals surface area (Å²) in [7, 11) is 1.70. The number of anilines is 1. The Morgan fingerprint density at radius 1 is 1.33 bits per heavy atom. The molecule has 3 heteroatoms. The van der Waals surface area contributed by atoms with Gasteiger partial charge in [0.25, 0.3) is 0 Å². The van der Waals surface area contributed by atoms with E-state index in [0.717, 1.165) is 25.3 Å². The minimum atomic E-state index is 0.177. The van der Waals surface area contributed by atoms with Crippen LogP contribution < -0.4 is 15.4 Å². The van der Waals surface area contributed by atoms with Crippen LogP contribution in [-0.4, -0.2) is 25.7 Å². The first-order chi connectivity index (χ1) is 8.56. The summed E-state index contributed by atoms with van der Waals surface area (Å²) >= 11 is 0.